The van der Waals surface area contributed by atoms with Crippen molar-refractivity contribution in [2.45, 2.75) is 74.4 Å². The molecular formula is C26H28N2O4S. The average molecular weight is 465 g/mol. The summed E-state index contributed by atoms with van der Waals surface area (Å²) in [5.41, 5.74) is 3.50. The zero-order chi connectivity index (χ0) is 23.2. The van der Waals surface area contributed by atoms with Crippen LogP contribution in [0.2, 0.25) is 0 Å². The molecule has 1 atom stereocenters. The van der Waals surface area contributed by atoms with Gasteiger partial charge in [-0.05, 0) is 74.1 Å². The Labute approximate surface area is 194 Å². The van der Waals surface area contributed by atoms with Gasteiger partial charge in [-0.1, -0.05) is 12.1 Å². The van der Waals surface area contributed by atoms with E-state index in [-0.39, 0.29) is 35.1 Å². The molecule has 0 N–H and O–H groups in total. The number of nitrogens with zero attached hydrogens (tertiary/aromatic N) is 2. The third kappa shape index (κ3) is 4.83. The fourth-order valence-electron chi connectivity index (χ4n) is 4.59. The zero-order valence-corrected chi connectivity index (χ0v) is 19.6. The second-order valence-corrected chi connectivity index (χ2v) is 11.8. The maximum Gasteiger partial charge on any atom is 0.181 e. The van der Waals surface area contributed by atoms with Crippen LogP contribution in [0.25, 0.3) is 5.57 Å². The largest absolute Gasteiger partial charge is 0.300 e. The first-order chi connectivity index (χ1) is 15.8. The molecule has 6 nitrogen and oxygen atoms in total. The molecule has 3 saturated carbocycles. The highest BCUT2D eigenvalue weighted by Crippen LogP contribution is 2.46. The van der Waals surface area contributed by atoms with Crippen LogP contribution in [0, 0.1) is 12.8 Å². The zero-order valence-electron chi connectivity index (χ0n) is 18.8. The molecule has 0 spiro atoms. The summed E-state index contributed by atoms with van der Waals surface area (Å²) in [6.07, 6.45) is 10.4. The predicted molar refractivity (Wildman–Crippen MR) is 124 cm³/mol. The van der Waals surface area contributed by atoms with Crippen LogP contribution in [0.1, 0.15) is 73.4 Å². The molecular weight excluding hydrogens is 436 g/mol. The predicted octanol–water partition coefficient (Wildman–Crippen LogP) is 4.16. The van der Waals surface area contributed by atoms with Crippen molar-refractivity contribution in [2.24, 2.45) is 5.92 Å². The van der Waals surface area contributed by atoms with E-state index in [2.05, 4.69) is 9.97 Å². The van der Waals surface area contributed by atoms with Crippen LogP contribution < -0.4 is 0 Å². The van der Waals surface area contributed by atoms with E-state index < -0.39 is 9.84 Å². The summed E-state index contributed by atoms with van der Waals surface area (Å²) in [5.74, 6) is 0.393. The molecule has 7 heteroatoms. The third-order valence-electron chi connectivity index (χ3n) is 6.77. The number of hydrogen-bond donors (Lipinski definition) is 0. The lowest BCUT2D eigenvalue weighted by atomic mass is 9.92. The number of ketones is 2. The van der Waals surface area contributed by atoms with E-state index in [9.17, 15) is 18.0 Å². The van der Waals surface area contributed by atoms with Crippen molar-refractivity contribution in [3.05, 3.63) is 59.2 Å². The fraction of sp³-hybridized carbons (Fsp3) is 0.462. The van der Waals surface area contributed by atoms with Gasteiger partial charge in [0.1, 0.15) is 5.78 Å². The Kier molecular flexibility index (Phi) is 5.77. The van der Waals surface area contributed by atoms with Crippen molar-refractivity contribution in [3.63, 3.8) is 0 Å². The highest BCUT2D eigenvalue weighted by atomic mass is 32.2. The summed E-state index contributed by atoms with van der Waals surface area (Å²) in [6, 6.07) is 5.37. The molecule has 0 radical (unpaired) electrons. The SMILES string of the molecule is Cc1cnc(CC(=O)/C(=C/C2CCC(=O)C2)c2ccc(S(=O)(=O)C3CC3)c(C3CC3)c2)cn1. The molecule has 0 bridgehead atoms. The van der Waals surface area contributed by atoms with E-state index in [1.807, 2.05) is 19.1 Å². The quantitative estimate of drug-likeness (QED) is 0.545. The van der Waals surface area contributed by atoms with Gasteiger partial charge in [0, 0.05) is 30.8 Å². The highest BCUT2D eigenvalue weighted by molar-refractivity contribution is 7.92. The average Bonchev–Trinajstić information content (AvgIpc) is 3.70. The maximum absolute atomic E-state index is 13.4. The Hall–Kier alpha value is -2.67. The number of carbonyl (C=O) groups excluding carboxylic acids is 2. The van der Waals surface area contributed by atoms with Gasteiger partial charge < -0.3 is 0 Å². The second-order valence-electron chi connectivity index (χ2n) is 9.64. The van der Waals surface area contributed by atoms with Crippen molar-refractivity contribution in [3.8, 4) is 0 Å². The lowest BCUT2D eigenvalue weighted by molar-refractivity contribution is -0.117. The Morgan fingerprint density at radius 2 is 1.88 bits per heavy atom. The smallest absolute Gasteiger partial charge is 0.181 e. The maximum atomic E-state index is 13.4. The summed E-state index contributed by atoms with van der Waals surface area (Å²) in [5, 5.41) is -0.262. The minimum Gasteiger partial charge on any atom is -0.300 e. The van der Waals surface area contributed by atoms with Gasteiger partial charge in [0.2, 0.25) is 0 Å². The van der Waals surface area contributed by atoms with E-state index >= 15 is 0 Å². The number of rotatable bonds is 8. The topological polar surface area (TPSA) is 94.1 Å². The molecule has 3 fully saturated rings. The number of aromatic nitrogens is 2. The Morgan fingerprint density at radius 3 is 2.48 bits per heavy atom. The van der Waals surface area contributed by atoms with Gasteiger partial charge in [0.25, 0.3) is 0 Å². The van der Waals surface area contributed by atoms with Crippen molar-refractivity contribution in [1.29, 1.82) is 0 Å². The summed E-state index contributed by atoms with van der Waals surface area (Å²) in [7, 11) is -3.31. The molecule has 1 heterocycles. The van der Waals surface area contributed by atoms with E-state index in [4.69, 9.17) is 0 Å². The summed E-state index contributed by atoms with van der Waals surface area (Å²) < 4.78 is 26.0. The number of benzene rings is 1. The van der Waals surface area contributed by atoms with Crippen molar-refractivity contribution in [1.82, 2.24) is 9.97 Å². The molecule has 0 saturated heterocycles. The van der Waals surface area contributed by atoms with Gasteiger partial charge >= 0.3 is 0 Å². The third-order valence-corrected chi connectivity index (χ3v) is 9.10. The molecule has 3 aliphatic rings. The molecule has 0 amide bonds. The number of aryl methyl sites for hydroxylation is 1. The second kappa shape index (κ2) is 8.60. The Morgan fingerprint density at radius 1 is 1.09 bits per heavy atom. The van der Waals surface area contributed by atoms with E-state index in [0.29, 0.717) is 29.0 Å². The van der Waals surface area contributed by atoms with Crippen LogP contribution in [0.15, 0.2) is 41.6 Å². The number of allylic oxidation sites excluding steroid dienone is 2. The molecule has 0 aliphatic heterocycles. The number of hydrogen-bond acceptors (Lipinski definition) is 6. The van der Waals surface area contributed by atoms with Crippen LogP contribution in [0.5, 0.6) is 0 Å². The molecule has 1 aromatic carbocycles. The van der Waals surface area contributed by atoms with Gasteiger partial charge in [-0.3, -0.25) is 19.6 Å². The standard InChI is InChI=1S/C26H28N2O4S/c1-16-14-28-20(15-27-16)13-25(30)23(11-17-2-6-21(29)10-17)19-5-9-26(24(12-19)18-3-4-18)33(31,32)22-7-8-22/h5,9,11-12,14-15,17-18,22H,2-4,6-8,10,13H2,1H3/b23-11+. The van der Waals surface area contributed by atoms with E-state index in [0.717, 1.165) is 48.9 Å². The number of Topliss-reactive ketones (excluding diaryl/α,β-unsaturated/α-hetero) is 2. The van der Waals surface area contributed by atoms with Crippen LogP contribution in [-0.2, 0) is 25.8 Å². The molecule has 1 aromatic heterocycles. The van der Waals surface area contributed by atoms with Crippen molar-refractivity contribution < 1.29 is 18.0 Å². The first-order valence-corrected chi connectivity index (χ1v) is 13.3. The monoisotopic (exact) mass is 464 g/mol. The first-order valence-electron chi connectivity index (χ1n) is 11.7. The van der Waals surface area contributed by atoms with Crippen LogP contribution >= 0.6 is 0 Å². The van der Waals surface area contributed by atoms with Gasteiger partial charge in [-0.15, -0.1) is 0 Å². The normalized spacial score (nSPS) is 21.4. The lowest BCUT2D eigenvalue weighted by Crippen LogP contribution is -2.12. The van der Waals surface area contributed by atoms with Crippen molar-refractivity contribution in [2.75, 3.05) is 0 Å². The highest BCUT2D eigenvalue weighted by Gasteiger charge is 2.40. The lowest BCUT2D eigenvalue weighted by Gasteiger charge is -2.15. The molecule has 172 valence electrons. The summed E-state index contributed by atoms with van der Waals surface area (Å²) >= 11 is 0. The minimum absolute atomic E-state index is 0.0276. The molecule has 2 aromatic rings. The number of sulfone groups is 1. The van der Waals surface area contributed by atoms with Gasteiger partial charge in [-0.25, -0.2) is 8.42 Å². The van der Waals surface area contributed by atoms with E-state index in [1.165, 1.54) is 0 Å². The van der Waals surface area contributed by atoms with Gasteiger partial charge in [0.05, 0.1) is 28.0 Å². The van der Waals surface area contributed by atoms with Crippen LogP contribution in [-0.4, -0.2) is 35.2 Å². The van der Waals surface area contributed by atoms with Crippen LogP contribution in [0.4, 0.5) is 0 Å². The van der Waals surface area contributed by atoms with Crippen LogP contribution in [0.3, 0.4) is 0 Å². The summed E-state index contributed by atoms with van der Waals surface area (Å²) in [4.78, 5) is 34.3. The Balaban J connectivity index is 1.52. The Bertz CT molecular complexity index is 1240. The first kappa shape index (κ1) is 22.1. The van der Waals surface area contributed by atoms with Gasteiger partial charge in [-0.2, -0.15) is 0 Å². The van der Waals surface area contributed by atoms with E-state index in [1.54, 1.807) is 24.5 Å². The molecule has 33 heavy (non-hydrogen) atoms. The van der Waals surface area contributed by atoms with Crippen molar-refractivity contribution >= 4 is 27.0 Å². The summed E-state index contributed by atoms with van der Waals surface area (Å²) in [6.45, 7) is 1.84. The number of carbonyl (C=O) groups is 2. The fourth-order valence-corrected chi connectivity index (χ4v) is 6.52. The minimum atomic E-state index is -3.31. The van der Waals surface area contributed by atoms with Gasteiger partial charge in [0.15, 0.2) is 15.6 Å². The molecule has 5 rings (SSSR count). The molecule has 1 unspecified atom stereocenters. The molecule has 3 aliphatic carbocycles.